The number of hydrogen-bond donors (Lipinski definition) is 0. The maximum Gasteiger partial charge on any atom is 1.00 e. The Morgan fingerprint density at radius 1 is 1.23 bits per heavy atom. The third kappa shape index (κ3) is 7.81. The van der Waals surface area contributed by atoms with Gasteiger partial charge in [-0.3, -0.25) is 9.05 Å². The fraction of sp³-hybridized carbons (Fsp3) is 1.00. The summed E-state index contributed by atoms with van der Waals surface area (Å²) in [7, 11) is 1.32. The Balaban J connectivity index is -0.000000605. The fourth-order valence-corrected chi connectivity index (χ4v) is 1.51. The summed E-state index contributed by atoms with van der Waals surface area (Å²) in [4.78, 5) is 0. The quantitative estimate of drug-likeness (QED) is 0.397. The van der Waals surface area contributed by atoms with Gasteiger partial charge in [-0.25, -0.2) is 4.57 Å². The van der Waals surface area contributed by atoms with Gasteiger partial charge in [0, 0.05) is 0 Å². The molecule has 0 heterocycles. The molecular formula is C6H15BLiO4P. The standard InChI is InChI=1S/C6H14BO4P.Li.H/c1-3-5-9-12(8,11-7)10-6-4-2;;/h3-6H2,1-2H3;;/q;+1;-1. The van der Waals surface area contributed by atoms with Crippen LogP contribution in [0.3, 0.4) is 0 Å². The molecular weight excluding hydrogens is 185 g/mol. The van der Waals surface area contributed by atoms with Crippen LogP contribution in [-0.2, 0) is 18.1 Å². The molecule has 0 saturated carbocycles. The van der Waals surface area contributed by atoms with Gasteiger partial charge in [0.1, 0.15) is 0 Å². The first-order chi connectivity index (χ1) is 5.68. The molecule has 0 rings (SSSR count). The van der Waals surface area contributed by atoms with Crippen molar-refractivity contribution >= 4 is 15.9 Å². The normalized spacial score (nSPS) is 10.9. The predicted molar refractivity (Wildman–Crippen MR) is 48.0 cm³/mol. The molecule has 2 radical (unpaired) electrons. The van der Waals surface area contributed by atoms with Crippen molar-refractivity contribution in [2.24, 2.45) is 0 Å². The zero-order valence-electron chi connectivity index (χ0n) is 9.49. The monoisotopic (exact) mass is 200 g/mol. The SMILES string of the molecule is [B]OP(=O)(OCCC)OCCC.[H-].[Li+]. The van der Waals surface area contributed by atoms with E-state index in [4.69, 9.17) is 17.1 Å². The van der Waals surface area contributed by atoms with Crippen LogP contribution < -0.4 is 18.9 Å². The number of hydrogen-bond acceptors (Lipinski definition) is 4. The Morgan fingerprint density at radius 2 is 1.62 bits per heavy atom. The van der Waals surface area contributed by atoms with Crippen molar-refractivity contribution in [3.63, 3.8) is 0 Å². The summed E-state index contributed by atoms with van der Waals surface area (Å²) in [6.07, 6.45) is 1.48. The van der Waals surface area contributed by atoms with Gasteiger partial charge in [0.15, 0.2) is 0 Å². The summed E-state index contributed by atoms with van der Waals surface area (Å²) in [6, 6.07) is 0. The first kappa shape index (κ1) is 16.2. The molecule has 13 heavy (non-hydrogen) atoms. The minimum absolute atomic E-state index is 0. The molecule has 0 aromatic heterocycles. The van der Waals surface area contributed by atoms with Crippen LogP contribution in [0.2, 0.25) is 0 Å². The van der Waals surface area contributed by atoms with Gasteiger partial charge in [0.2, 0.25) is 0 Å². The Kier molecular flexibility index (Phi) is 11.6. The van der Waals surface area contributed by atoms with Crippen LogP contribution in [0.1, 0.15) is 28.1 Å². The molecule has 0 spiro atoms. The van der Waals surface area contributed by atoms with Crippen LogP contribution in [0.4, 0.5) is 0 Å². The molecule has 7 heteroatoms. The van der Waals surface area contributed by atoms with Gasteiger partial charge in [0.05, 0.1) is 13.2 Å². The smallest absolute Gasteiger partial charge is 1.00 e. The third-order valence-corrected chi connectivity index (χ3v) is 2.29. The molecule has 0 atom stereocenters. The van der Waals surface area contributed by atoms with Gasteiger partial charge in [-0.1, -0.05) is 13.8 Å². The van der Waals surface area contributed by atoms with E-state index in [1.807, 2.05) is 13.8 Å². The van der Waals surface area contributed by atoms with Gasteiger partial charge in [-0.2, -0.15) is 0 Å². The Hall–Kier alpha value is 0.772. The molecule has 0 fully saturated rings. The van der Waals surface area contributed by atoms with Crippen LogP contribution in [0, 0.1) is 0 Å². The molecule has 0 saturated heterocycles. The molecule has 0 aromatic rings. The first-order valence-corrected chi connectivity index (χ1v) is 5.42. The maximum absolute atomic E-state index is 11.3. The van der Waals surface area contributed by atoms with Crippen molar-refractivity contribution < 1.29 is 38.3 Å². The minimum atomic E-state index is -3.46. The van der Waals surface area contributed by atoms with E-state index < -0.39 is 7.82 Å². The Morgan fingerprint density at radius 3 is 1.85 bits per heavy atom. The zero-order valence-corrected chi connectivity index (χ0v) is 9.38. The van der Waals surface area contributed by atoms with Crippen LogP contribution in [0.15, 0.2) is 0 Å². The second kappa shape index (κ2) is 9.33. The van der Waals surface area contributed by atoms with Gasteiger partial charge >= 0.3 is 26.7 Å². The Bertz CT molecular complexity index is 151. The second-order valence-corrected chi connectivity index (χ2v) is 3.84. The summed E-state index contributed by atoms with van der Waals surface area (Å²) in [6.45, 7) is 4.41. The molecule has 0 N–H and O–H groups in total. The van der Waals surface area contributed by atoms with Crippen LogP contribution in [-0.4, -0.2) is 21.3 Å². The van der Waals surface area contributed by atoms with Crippen molar-refractivity contribution in [1.29, 1.82) is 0 Å². The predicted octanol–water partition coefficient (Wildman–Crippen LogP) is -0.836. The molecule has 0 unspecified atom stereocenters. The van der Waals surface area contributed by atoms with E-state index in [1.54, 1.807) is 0 Å². The van der Waals surface area contributed by atoms with Crippen molar-refractivity contribution in [3.05, 3.63) is 0 Å². The van der Waals surface area contributed by atoms with Gasteiger partial charge in [0.25, 0.3) is 8.05 Å². The summed E-state index contributed by atoms with van der Waals surface area (Å²) in [5.41, 5.74) is 0. The van der Waals surface area contributed by atoms with E-state index >= 15 is 0 Å². The average molecular weight is 200 g/mol. The fourth-order valence-electron chi connectivity index (χ4n) is 0.504. The van der Waals surface area contributed by atoms with E-state index in [9.17, 15) is 4.57 Å². The molecule has 0 aliphatic heterocycles. The number of phosphoric ester groups is 1. The van der Waals surface area contributed by atoms with Crippen LogP contribution in [0.5, 0.6) is 0 Å². The maximum atomic E-state index is 11.3. The van der Waals surface area contributed by atoms with Crippen molar-refractivity contribution in [1.82, 2.24) is 0 Å². The molecule has 0 amide bonds. The number of rotatable bonds is 7. The topological polar surface area (TPSA) is 44.8 Å². The zero-order chi connectivity index (χ0) is 9.45. The van der Waals surface area contributed by atoms with Crippen molar-refractivity contribution in [2.75, 3.05) is 13.2 Å². The summed E-state index contributed by atoms with van der Waals surface area (Å²) < 4.78 is 25.1. The molecule has 0 aliphatic rings. The van der Waals surface area contributed by atoms with E-state index in [0.717, 1.165) is 12.8 Å². The summed E-state index contributed by atoms with van der Waals surface area (Å²) in [5.74, 6) is 0. The first-order valence-electron chi connectivity index (χ1n) is 3.96. The largest absolute Gasteiger partial charge is 1.00 e. The molecule has 72 valence electrons. The molecule has 0 aliphatic carbocycles. The van der Waals surface area contributed by atoms with Gasteiger partial charge in [-0.15, -0.1) is 0 Å². The van der Waals surface area contributed by atoms with E-state index in [1.165, 1.54) is 0 Å². The Labute approximate surface area is 94.4 Å². The van der Waals surface area contributed by atoms with Crippen LogP contribution in [0.25, 0.3) is 0 Å². The van der Waals surface area contributed by atoms with Crippen LogP contribution >= 0.6 is 7.82 Å². The second-order valence-electron chi connectivity index (χ2n) is 2.22. The van der Waals surface area contributed by atoms with Crippen molar-refractivity contribution in [3.8, 4) is 0 Å². The summed E-state index contributed by atoms with van der Waals surface area (Å²) >= 11 is 0. The van der Waals surface area contributed by atoms with E-state index in [0.29, 0.717) is 13.2 Å². The molecule has 4 nitrogen and oxygen atoms in total. The third-order valence-electron chi connectivity index (χ3n) is 1.04. The van der Waals surface area contributed by atoms with E-state index in [2.05, 4.69) is 4.44 Å². The van der Waals surface area contributed by atoms with Gasteiger partial charge in [-0.05, 0) is 12.8 Å². The van der Waals surface area contributed by atoms with Gasteiger partial charge < -0.3 is 5.87 Å². The average Bonchev–Trinajstić information content (AvgIpc) is 2.11. The van der Waals surface area contributed by atoms with E-state index in [-0.39, 0.29) is 20.3 Å². The van der Waals surface area contributed by atoms with Crippen molar-refractivity contribution in [2.45, 2.75) is 26.7 Å². The molecule has 0 bridgehead atoms. The number of phosphoric acid groups is 1. The molecule has 0 aromatic carbocycles. The summed E-state index contributed by atoms with van der Waals surface area (Å²) in [5, 5.41) is 0. The minimum Gasteiger partial charge on any atom is -1.00 e.